The van der Waals surface area contributed by atoms with Crippen LogP contribution in [0.2, 0.25) is 5.02 Å². The normalized spacial score (nSPS) is 11.8. The van der Waals surface area contributed by atoms with Crippen molar-refractivity contribution in [2.75, 3.05) is 0 Å². The van der Waals surface area contributed by atoms with Gasteiger partial charge in [-0.25, -0.2) is 0 Å². The van der Waals surface area contributed by atoms with Gasteiger partial charge in [0.2, 0.25) is 5.43 Å². The van der Waals surface area contributed by atoms with Crippen LogP contribution in [0.15, 0.2) is 57.9 Å². The lowest BCUT2D eigenvalue weighted by Crippen LogP contribution is -2.11. The van der Waals surface area contributed by atoms with E-state index in [1.165, 1.54) is 11.8 Å². The van der Waals surface area contributed by atoms with Crippen LogP contribution >= 0.6 is 11.6 Å². The first-order valence-corrected chi connectivity index (χ1v) is 7.56. The largest absolute Gasteiger partial charge is 0.463 e. The highest BCUT2D eigenvalue weighted by Gasteiger charge is 2.14. The molecule has 0 fully saturated rings. The van der Waals surface area contributed by atoms with Crippen molar-refractivity contribution in [3.05, 3.63) is 69.5 Å². The van der Waals surface area contributed by atoms with Crippen molar-refractivity contribution in [1.82, 2.24) is 0 Å². The van der Waals surface area contributed by atoms with Crippen LogP contribution in [0, 0.1) is 0 Å². The minimum atomic E-state index is -0.0627. The average Bonchev–Trinajstić information content (AvgIpc) is 2.47. The summed E-state index contributed by atoms with van der Waals surface area (Å²) in [7, 11) is 0. The predicted octanol–water partition coefficient (Wildman–Crippen LogP) is 5.41. The fraction of sp³-hybridized carbons (Fsp3) is 0.211. The maximum absolute atomic E-state index is 12.6. The highest BCUT2D eigenvalue weighted by Crippen LogP contribution is 2.26. The number of rotatable bonds is 1. The van der Waals surface area contributed by atoms with Crippen LogP contribution in [0.4, 0.5) is 0 Å². The molecule has 0 amide bonds. The van der Waals surface area contributed by atoms with Crippen molar-refractivity contribution in [3.8, 4) is 11.1 Å². The quantitative estimate of drug-likeness (QED) is 0.601. The molecule has 1 aromatic heterocycles. The predicted molar refractivity (Wildman–Crippen MR) is 91.6 cm³/mol. The molecule has 0 spiro atoms. The molecule has 22 heavy (non-hydrogen) atoms. The minimum absolute atomic E-state index is 0.0627. The number of benzene rings is 2. The Morgan fingerprint density at radius 3 is 2.32 bits per heavy atom. The van der Waals surface area contributed by atoms with E-state index in [4.69, 9.17) is 16.0 Å². The lowest BCUT2D eigenvalue weighted by atomic mass is 9.86. The van der Waals surface area contributed by atoms with Gasteiger partial charge in [0.25, 0.3) is 0 Å². The highest BCUT2D eigenvalue weighted by atomic mass is 35.5. The summed E-state index contributed by atoms with van der Waals surface area (Å²) in [5, 5.41) is 1.03. The lowest BCUT2D eigenvalue weighted by molar-refractivity contribution is 0.590. The molecule has 3 aromatic rings. The van der Waals surface area contributed by atoms with Gasteiger partial charge in [0.05, 0.1) is 10.9 Å². The van der Waals surface area contributed by atoms with Gasteiger partial charge in [-0.2, -0.15) is 0 Å². The highest BCUT2D eigenvalue weighted by molar-refractivity contribution is 6.31. The summed E-state index contributed by atoms with van der Waals surface area (Å²) >= 11 is 5.98. The molecule has 2 nitrogen and oxygen atoms in total. The molecule has 0 aliphatic carbocycles. The van der Waals surface area contributed by atoms with E-state index in [1.54, 1.807) is 18.2 Å². The summed E-state index contributed by atoms with van der Waals surface area (Å²) < 4.78 is 5.57. The van der Waals surface area contributed by atoms with Gasteiger partial charge in [-0.1, -0.05) is 56.6 Å². The van der Waals surface area contributed by atoms with Crippen LogP contribution in [-0.4, -0.2) is 0 Å². The van der Waals surface area contributed by atoms with E-state index in [1.807, 2.05) is 12.1 Å². The summed E-state index contributed by atoms with van der Waals surface area (Å²) in [6, 6.07) is 13.1. The Balaban J connectivity index is 2.14. The molecule has 0 saturated heterocycles. The first kappa shape index (κ1) is 14.9. The van der Waals surface area contributed by atoms with Crippen molar-refractivity contribution >= 4 is 22.6 Å². The standard InChI is InChI=1S/C19H17ClO2/c1-19(2,3)13-6-4-12(5-7-13)16-11-22-17-9-8-14(20)10-15(17)18(16)21/h4-11H,1-3H3. The van der Waals surface area contributed by atoms with E-state index in [0.717, 1.165) is 5.56 Å². The molecule has 2 aromatic carbocycles. The molecule has 0 radical (unpaired) electrons. The molecule has 0 N–H and O–H groups in total. The van der Waals surface area contributed by atoms with Crippen LogP contribution in [-0.2, 0) is 5.41 Å². The summed E-state index contributed by atoms with van der Waals surface area (Å²) in [6.07, 6.45) is 1.52. The fourth-order valence-corrected chi connectivity index (χ4v) is 2.62. The minimum Gasteiger partial charge on any atom is -0.463 e. The third kappa shape index (κ3) is 2.67. The molecule has 3 heteroatoms. The lowest BCUT2D eigenvalue weighted by Gasteiger charge is -2.19. The molecule has 0 saturated carbocycles. The van der Waals surface area contributed by atoms with Crippen molar-refractivity contribution in [1.29, 1.82) is 0 Å². The zero-order chi connectivity index (χ0) is 15.9. The van der Waals surface area contributed by atoms with E-state index in [0.29, 0.717) is 21.6 Å². The maximum Gasteiger partial charge on any atom is 0.200 e. The van der Waals surface area contributed by atoms with Crippen LogP contribution in [0.25, 0.3) is 22.1 Å². The maximum atomic E-state index is 12.6. The molecule has 0 atom stereocenters. The summed E-state index contributed by atoms with van der Waals surface area (Å²) in [4.78, 5) is 12.6. The average molecular weight is 313 g/mol. The molecule has 0 bridgehead atoms. The van der Waals surface area contributed by atoms with E-state index in [9.17, 15) is 4.79 Å². The molecule has 112 valence electrons. The number of halogens is 1. The zero-order valence-corrected chi connectivity index (χ0v) is 13.6. The van der Waals surface area contributed by atoms with Crippen LogP contribution in [0.5, 0.6) is 0 Å². The summed E-state index contributed by atoms with van der Waals surface area (Å²) in [5.74, 6) is 0. The molecular weight excluding hydrogens is 296 g/mol. The van der Waals surface area contributed by atoms with Gasteiger partial charge in [-0.15, -0.1) is 0 Å². The number of hydrogen-bond acceptors (Lipinski definition) is 2. The van der Waals surface area contributed by atoms with Gasteiger partial charge in [0, 0.05) is 5.02 Å². The Morgan fingerprint density at radius 1 is 1.00 bits per heavy atom. The van der Waals surface area contributed by atoms with Crippen molar-refractivity contribution in [2.24, 2.45) is 0 Å². The van der Waals surface area contributed by atoms with Crippen molar-refractivity contribution in [2.45, 2.75) is 26.2 Å². The molecular formula is C19H17ClO2. The zero-order valence-electron chi connectivity index (χ0n) is 12.8. The van der Waals surface area contributed by atoms with Crippen LogP contribution in [0.1, 0.15) is 26.3 Å². The molecule has 0 unspecified atom stereocenters. The van der Waals surface area contributed by atoms with Gasteiger partial charge in [0.1, 0.15) is 11.8 Å². The second kappa shape index (κ2) is 5.29. The fourth-order valence-electron chi connectivity index (χ4n) is 2.45. The first-order chi connectivity index (χ1) is 10.4. The van der Waals surface area contributed by atoms with Gasteiger partial charge >= 0.3 is 0 Å². The van der Waals surface area contributed by atoms with E-state index in [-0.39, 0.29) is 10.8 Å². The third-order valence-corrected chi connectivity index (χ3v) is 4.03. The van der Waals surface area contributed by atoms with E-state index in [2.05, 4.69) is 32.9 Å². The molecule has 0 aliphatic heterocycles. The van der Waals surface area contributed by atoms with Gasteiger partial charge in [-0.05, 0) is 34.7 Å². The smallest absolute Gasteiger partial charge is 0.200 e. The van der Waals surface area contributed by atoms with Crippen LogP contribution in [0.3, 0.4) is 0 Å². The van der Waals surface area contributed by atoms with Crippen molar-refractivity contribution < 1.29 is 4.42 Å². The molecule has 0 aliphatic rings. The third-order valence-electron chi connectivity index (χ3n) is 3.80. The first-order valence-electron chi connectivity index (χ1n) is 7.18. The Hall–Kier alpha value is -2.06. The number of fused-ring (bicyclic) bond motifs is 1. The number of hydrogen-bond donors (Lipinski definition) is 0. The van der Waals surface area contributed by atoms with E-state index >= 15 is 0 Å². The second-order valence-electron chi connectivity index (χ2n) is 6.45. The monoisotopic (exact) mass is 312 g/mol. The van der Waals surface area contributed by atoms with Gasteiger partial charge in [-0.3, -0.25) is 4.79 Å². The molecule has 1 heterocycles. The van der Waals surface area contributed by atoms with Gasteiger partial charge < -0.3 is 4.42 Å². The van der Waals surface area contributed by atoms with Crippen LogP contribution < -0.4 is 5.43 Å². The summed E-state index contributed by atoms with van der Waals surface area (Å²) in [6.45, 7) is 6.48. The Labute approximate surface area is 134 Å². The molecule has 3 rings (SSSR count). The summed E-state index contributed by atoms with van der Waals surface area (Å²) in [5.41, 5.74) is 3.19. The topological polar surface area (TPSA) is 30.2 Å². The van der Waals surface area contributed by atoms with Crippen molar-refractivity contribution in [3.63, 3.8) is 0 Å². The Morgan fingerprint density at radius 2 is 1.68 bits per heavy atom. The Kier molecular flexibility index (Phi) is 3.57. The second-order valence-corrected chi connectivity index (χ2v) is 6.88. The van der Waals surface area contributed by atoms with Gasteiger partial charge in [0.15, 0.2) is 0 Å². The Bertz CT molecular complexity index is 884. The van der Waals surface area contributed by atoms with E-state index < -0.39 is 0 Å². The SMILES string of the molecule is CC(C)(C)c1ccc(-c2coc3ccc(Cl)cc3c2=O)cc1.